The third kappa shape index (κ3) is 1.91. The first-order valence-electron chi connectivity index (χ1n) is 4.76. The number of nitrogens with two attached hydrogens (primary N) is 1. The zero-order valence-corrected chi connectivity index (χ0v) is 9.58. The fraction of sp³-hybridized carbons (Fsp3) is 0.273. The van der Waals surface area contributed by atoms with Crippen LogP contribution >= 0.6 is 11.3 Å². The Balaban J connectivity index is 2.41. The molecule has 0 saturated carbocycles. The smallest absolute Gasteiger partial charge is 0.0798 e. The van der Waals surface area contributed by atoms with Gasteiger partial charge in [0.1, 0.15) is 0 Å². The molecule has 0 aliphatic carbocycles. The highest BCUT2D eigenvalue weighted by Gasteiger charge is 2.15. The molecule has 78 valence electrons. The molecule has 2 rings (SSSR count). The molecule has 2 aromatic rings. The molecule has 0 aromatic carbocycles. The summed E-state index contributed by atoms with van der Waals surface area (Å²) in [5, 5.41) is 0. The van der Waals surface area contributed by atoms with Gasteiger partial charge in [0.15, 0.2) is 0 Å². The van der Waals surface area contributed by atoms with E-state index in [2.05, 4.69) is 9.97 Å². The average molecular weight is 219 g/mol. The molecule has 0 spiro atoms. The lowest BCUT2D eigenvalue weighted by atomic mass is 10.0. The minimum Gasteiger partial charge on any atom is -0.319 e. The number of hydrogen-bond acceptors (Lipinski definition) is 4. The van der Waals surface area contributed by atoms with Crippen LogP contribution < -0.4 is 5.73 Å². The first-order valence-corrected chi connectivity index (χ1v) is 5.64. The molecule has 3 nitrogen and oxygen atoms in total. The maximum Gasteiger partial charge on any atom is 0.0798 e. The van der Waals surface area contributed by atoms with Gasteiger partial charge in [0.25, 0.3) is 0 Å². The summed E-state index contributed by atoms with van der Waals surface area (Å²) in [6.45, 7) is 4.03. The summed E-state index contributed by atoms with van der Waals surface area (Å²) in [4.78, 5) is 9.44. The van der Waals surface area contributed by atoms with Gasteiger partial charge in [-0.3, -0.25) is 4.98 Å². The topological polar surface area (TPSA) is 51.8 Å². The van der Waals surface area contributed by atoms with Crippen LogP contribution in [0.3, 0.4) is 0 Å². The van der Waals surface area contributed by atoms with Gasteiger partial charge in [0.05, 0.1) is 17.2 Å². The number of pyridine rings is 1. The normalized spacial score (nSPS) is 12.7. The van der Waals surface area contributed by atoms with Crippen molar-refractivity contribution in [3.05, 3.63) is 45.7 Å². The van der Waals surface area contributed by atoms with Gasteiger partial charge in [-0.25, -0.2) is 4.98 Å². The number of aromatic nitrogens is 2. The van der Waals surface area contributed by atoms with E-state index in [1.54, 1.807) is 17.5 Å². The Morgan fingerprint density at radius 3 is 2.80 bits per heavy atom. The molecule has 2 aromatic heterocycles. The molecule has 0 aliphatic heterocycles. The minimum atomic E-state index is -0.105. The van der Waals surface area contributed by atoms with Crippen LogP contribution in [-0.2, 0) is 0 Å². The summed E-state index contributed by atoms with van der Waals surface area (Å²) in [7, 11) is 0. The van der Waals surface area contributed by atoms with Crippen molar-refractivity contribution in [1.29, 1.82) is 0 Å². The standard InChI is InChI=1S/C11H13N3S/c1-7-3-4-13-5-9(7)10(12)11-8(2)14-6-15-11/h3-6,10H,12H2,1-2H3. The predicted octanol–water partition coefficient (Wildman–Crippen LogP) is 2.20. The van der Waals surface area contributed by atoms with Crippen molar-refractivity contribution in [2.75, 3.05) is 0 Å². The lowest BCUT2D eigenvalue weighted by molar-refractivity contribution is 0.858. The maximum absolute atomic E-state index is 6.19. The van der Waals surface area contributed by atoms with Crippen LogP contribution in [0.2, 0.25) is 0 Å². The zero-order chi connectivity index (χ0) is 10.8. The number of aryl methyl sites for hydroxylation is 2. The maximum atomic E-state index is 6.19. The number of rotatable bonds is 2. The van der Waals surface area contributed by atoms with Gasteiger partial charge in [-0.2, -0.15) is 0 Å². The van der Waals surface area contributed by atoms with Crippen LogP contribution in [0.5, 0.6) is 0 Å². The van der Waals surface area contributed by atoms with Gasteiger partial charge >= 0.3 is 0 Å². The van der Waals surface area contributed by atoms with Crippen LogP contribution in [0.4, 0.5) is 0 Å². The van der Waals surface area contributed by atoms with E-state index in [-0.39, 0.29) is 6.04 Å². The van der Waals surface area contributed by atoms with E-state index in [1.807, 2.05) is 31.6 Å². The van der Waals surface area contributed by atoms with Crippen LogP contribution in [0.15, 0.2) is 24.0 Å². The number of hydrogen-bond donors (Lipinski definition) is 1. The van der Waals surface area contributed by atoms with Crippen molar-refractivity contribution in [3.8, 4) is 0 Å². The fourth-order valence-corrected chi connectivity index (χ4v) is 2.37. The monoisotopic (exact) mass is 219 g/mol. The van der Waals surface area contributed by atoms with Crippen LogP contribution in [0, 0.1) is 13.8 Å². The Morgan fingerprint density at radius 2 is 2.20 bits per heavy atom. The second-order valence-electron chi connectivity index (χ2n) is 3.51. The van der Waals surface area contributed by atoms with Crippen LogP contribution in [-0.4, -0.2) is 9.97 Å². The molecule has 1 atom stereocenters. The van der Waals surface area contributed by atoms with Gasteiger partial charge in [-0.05, 0) is 31.0 Å². The summed E-state index contributed by atoms with van der Waals surface area (Å²) in [6, 6.07) is 1.87. The van der Waals surface area contributed by atoms with Gasteiger partial charge in [-0.1, -0.05) is 0 Å². The molecular weight excluding hydrogens is 206 g/mol. The van der Waals surface area contributed by atoms with Gasteiger partial charge in [0, 0.05) is 17.3 Å². The highest BCUT2D eigenvalue weighted by Crippen LogP contribution is 2.26. The third-order valence-corrected chi connectivity index (χ3v) is 3.49. The molecule has 0 fully saturated rings. The predicted molar refractivity (Wildman–Crippen MR) is 61.9 cm³/mol. The molecular formula is C11H13N3S. The van der Waals surface area contributed by atoms with Crippen LogP contribution in [0.25, 0.3) is 0 Å². The molecule has 4 heteroatoms. The summed E-state index contributed by atoms with van der Waals surface area (Å²) in [6.07, 6.45) is 3.62. The molecule has 2 N–H and O–H groups in total. The molecule has 2 heterocycles. The Bertz CT molecular complexity index is 464. The summed E-state index contributed by atoms with van der Waals surface area (Å²) in [5.74, 6) is 0. The van der Waals surface area contributed by atoms with E-state index >= 15 is 0 Å². The quantitative estimate of drug-likeness (QED) is 0.842. The minimum absolute atomic E-state index is 0.105. The Hall–Kier alpha value is -1.26. The summed E-state index contributed by atoms with van der Waals surface area (Å²) >= 11 is 1.60. The Morgan fingerprint density at radius 1 is 1.40 bits per heavy atom. The van der Waals surface area contributed by atoms with E-state index in [9.17, 15) is 0 Å². The molecule has 15 heavy (non-hydrogen) atoms. The van der Waals surface area contributed by atoms with E-state index < -0.39 is 0 Å². The largest absolute Gasteiger partial charge is 0.319 e. The third-order valence-electron chi connectivity index (χ3n) is 2.48. The Kier molecular flexibility index (Phi) is 2.79. The lowest BCUT2D eigenvalue weighted by Crippen LogP contribution is -2.13. The van der Waals surface area contributed by atoms with E-state index in [0.29, 0.717) is 0 Å². The van der Waals surface area contributed by atoms with Crippen molar-refractivity contribution in [1.82, 2.24) is 9.97 Å². The number of nitrogens with zero attached hydrogens (tertiary/aromatic N) is 2. The second kappa shape index (κ2) is 4.08. The van der Waals surface area contributed by atoms with Crippen LogP contribution in [0.1, 0.15) is 27.7 Å². The highest BCUT2D eigenvalue weighted by molar-refractivity contribution is 7.09. The average Bonchev–Trinajstić information content (AvgIpc) is 2.64. The molecule has 0 bridgehead atoms. The lowest BCUT2D eigenvalue weighted by Gasteiger charge is -2.12. The van der Waals surface area contributed by atoms with Crippen molar-refractivity contribution in [2.45, 2.75) is 19.9 Å². The second-order valence-corrected chi connectivity index (χ2v) is 4.40. The first kappa shape index (κ1) is 10.3. The molecule has 0 saturated heterocycles. The fourth-order valence-electron chi connectivity index (χ4n) is 1.55. The van der Waals surface area contributed by atoms with Crippen molar-refractivity contribution < 1.29 is 0 Å². The summed E-state index contributed by atoms with van der Waals surface area (Å²) in [5.41, 5.74) is 11.3. The van der Waals surface area contributed by atoms with Crippen molar-refractivity contribution in [3.63, 3.8) is 0 Å². The van der Waals surface area contributed by atoms with Gasteiger partial charge < -0.3 is 5.73 Å². The Labute approximate surface area is 93.0 Å². The number of thiazole rings is 1. The summed E-state index contributed by atoms with van der Waals surface area (Å²) < 4.78 is 0. The molecule has 1 unspecified atom stereocenters. The highest BCUT2D eigenvalue weighted by atomic mass is 32.1. The molecule has 0 radical (unpaired) electrons. The van der Waals surface area contributed by atoms with Crippen molar-refractivity contribution >= 4 is 11.3 Å². The van der Waals surface area contributed by atoms with Crippen molar-refractivity contribution in [2.24, 2.45) is 5.73 Å². The van der Waals surface area contributed by atoms with Gasteiger partial charge in [-0.15, -0.1) is 11.3 Å². The van der Waals surface area contributed by atoms with E-state index in [1.165, 1.54) is 5.56 Å². The van der Waals surface area contributed by atoms with E-state index in [0.717, 1.165) is 16.1 Å². The van der Waals surface area contributed by atoms with Gasteiger partial charge in [0.2, 0.25) is 0 Å². The molecule has 0 aliphatic rings. The molecule has 0 amide bonds. The van der Waals surface area contributed by atoms with E-state index in [4.69, 9.17) is 5.73 Å². The SMILES string of the molecule is Cc1ccncc1C(N)c1scnc1C. The first-order chi connectivity index (χ1) is 7.20. The zero-order valence-electron chi connectivity index (χ0n) is 8.77.